The second-order valence-corrected chi connectivity index (χ2v) is 5.00. The number of carboxylic acids is 1. The molecule has 1 unspecified atom stereocenters. The minimum Gasteiger partial charge on any atom is -0.478 e. The van der Waals surface area contributed by atoms with Crippen molar-refractivity contribution in [2.75, 3.05) is 11.1 Å². The van der Waals surface area contributed by atoms with E-state index in [0.717, 1.165) is 6.42 Å². The Morgan fingerprint density at radius 1 is 1.37 bits per heavy atom. The number of rotatable bonds is 8. The number of carbonyl (C=O) groups is 1. The molecule has 4 N–H and O–H groups in total. The summed E-state index contributed by atoms with van der Waals surface area (Å²) in [6, 6.07) is 5.05. The normalized spacial score (nSPS) is 12.1. The van der Waals surface area contributed by atoms with Gasteiger partial charge in [-0.3, -0.25) is 0 Å². The Morgan fingerprint density at radius 3 is 2.74 bits per heavy atom. The van der Waals surface area contributed by atoms with E-state index < -0.39 is 5.97 Å². The van der Waals surface area contributed by atoms with Crippen LogP contribution in [0.25, 0.3) is 0 Å². The van der Waals surface area contributed by atoms with Gasteiger partial charge in [-0.15, -0.1) is 0 Å². The maximum absolute atomic E-state index is 10.9. The first-order chi connectivity index (χ1) is 9.04. The molecule has 1 aromatic rings. The third-order valence-corrected chi connectivity index (χ3v) is 3.19. The maximum Gasteiger partial charge on any atom is 0.335 e. The van der Waals surface area contributed by atoms with Crippen molar-refractivity contribution < 1.29 is 9.90 Å². The highest BCUT2D eigenvalue weighted by atomic mass is 16.4. The minimum atomic E-state index is -0.932. The lowest BCUT2D eigenvalue weighted by Crippen LogP contribution is -2.16. The van der Waals surface area contributed by atoms with Gasteiger partial charge in [-0.05, 0) is 31.5 Å². The predicted octanol–water partition coefficient (Wildman–Crippen LogP) is 3.74. The van der Waals surface area contributed by atoms with Crippen LogP contribution in [0.4, 0.5) is 11.4 Å². The molecule has 0 saturated heterocycles. The highest BCUT2D eigenvalue weighted by Gasteiger charge is 2.09. The van der Waals surface area contributed by atoms with Gasteiger partial charge in [0, 0.05) is 6.04 Å². The Labute approximate surface area is 115 Å². The zero-order valence-corrected chi connectivity index (χ0v) is 11.8. The summed E-state index contributed by atoms with van der Waals surface area (Å²) in [6.45, 7) is 4.29. The standard InChI is InChI=1S/C15H24N2O2/c1-3-4-5-6-7-11(2)17-14-10-12(15(18)19)8-9-13(14)16/h8-11,17H,3-7,16H2,1-2H3,(H,18,19). The molecule has 0 aromatic heterocycles. The van der Waals surface area contributed by atoms with Crippen LogP contribution in [0.15, 0.2) is 18.2 Å². The molecule has 19 heavy (non-hydrogen) atoms. The van der Waals surface area contributed by atoms with Crippen LogP contribution in [-0.2, 0) is 0 Å². The number of nitrogen functional groups attached to an aromatic ring is 1. The molecule has 0 saturated carbocycles. The van der Waals surface area contributed by atoms with Crippen molar-refractivity contribution in [2.24, 2.45) is 0 Å². The summed E-state index contributed by atoms with van der Waals surface area (Å²) in [5.74, 6) is -0.932. The summed E-state index contributed by atoms with van der Waals surface area (Å²) in [5.41, 5.74) is 7.42. The van der Waals surface area contributed by atoms with Gasteiger partial charge in [0.2, 0.25) is 0 Å². The van der Waals surface area contributed by atoms with E-state index in [1.165, 1.54) is 31.7 Å². The summed E-state index contributed by atoms with van der Waals surface area (Å²) in [5, 5.41) is 12.3. The summed E-state index contributed by atoms with van der Waals surface area (Å²) in [4.78, 5) is 10.9. The number of carboxylic acid groups (broad SMARTS) is 1. The number of aromatic carboxylic acids is 1. The Kier molecular flexibility index (Phi) is 6.19. The fourth-order valence-corrected chi connectivity index (χ4v) is 2.03. The number of nitrogens with two attached hydrogens (primary N) is 1. The lowest BCUT2D eigenvalue weighted by Gasteiger charge is -2.17. The van der Waals surface area contributed by atoms with Gasteiger partial charge in [0.1, 0.15) is 0 Å². The van der Waals surface area contributed by atoms with Crippen molar-refractivity contribution in [3.05, 3.63) is 23.8 Å². The second kappa shape index (κ2) is 7.67. The molecule has 0 spiro atoms. The zero-order chi connectivity index (χ0) is 14.3. The van der Waals surface area contributed by atoms with Gasteiger partial charge in [-0.25, -0.2) is 4.79 Å². The van der Waals surface area contributed by atoms with Gasteiger partial charge < -0.3 is 16.2 Å². The van der Waals surface area contributed by atoms with E-state index in [1.54, 1.807) is 12.1 Å². The van der Waals surface area contributed by atoms with E-state index >= 15 is 0 Å². The fraction of sp³-hybridized carbons (Fsp3) is 0.533. The lowest BCUT2D eigenvalue weighted by molar-refractivity contribution is 0.0697. The molecule has 1 aromatic carbocycles. The Bertz CT molecular complexity index is 419. The fourth-order valence-electron chi connectivity index (χ4n) is 2.03. The largest absolute Gasteiger partial charge is 0.478 e. The highest BCUT2D eigenvalue weighted by Crippen LogP contribution is 2.22. The van der Waals surface area contributed by atoms with Crippen LogP contribution in [0.5, 0.6) is 0 Å². The summed E-state index contributed by atoms with van der Waals surface area (Å²) >= 11 is 0. The van der Waals surface area contributed by atoms with Gasteiger partial charge in [-0.1, -0.05) is 32.6 Å². The quantitative estimate of drug-likeness (QED) is 0.494. The Balaban J connectivity index is 2.55. The molecule has 0 heterocycles. The van der Waals surface area contributed by atoms with Crippen molar-refractivity contribution in [2.45, 2.75) is 52.0 Å². The molecule has 4 heteroatoms. The first kappa shape index (κ1) is 15.3. The van der Waals surface area contributed by atoms with Crippen LogP contribution < -0.4 is 11.1 Å². The van der Waals surface area contributed by atoms with Gasteiger partial charge in [0.15, 0.2) is 0 Å². The molecule has 1 atom stereocenters. The molecular formula is C15H24N2O2. The zero-order valence-electron chi connectivity index (χ0n) is 11.8. The highest BCUT2D eigenvalue weighted by molar-refractivity contribution is 5.90. The third-order valence-electron chi connectivity index (χ3n) is 3.19. The number of hydrogen-bond donors (Lipinski definition) is 3. The molecule has 0 fully saturated rings. The minimum absolute atomic E-state index is 0.259. The van der Waals surface area contributed by atoms with Crippen molar-refractivity contribution in [3.8, 4) is 0 Å². The number of hydrogen-bond acceptors (Lipinski definition) is 3. The summed E-state index contributed by atoms with van der Waals surface area (Å²) in [7, 11) is 0. The Hall–Kier alpha value is -1.71. The molecule has 0 aliphatic carbocycles. The van der Waals surface area contributed by atoms with Crippen molar-refractivity contribution in [1.82, 2.24) is 0 Å². The van der Waals surface area contributed by atoms with Gasteiger partial charge in [-0.2, -0.15) is 0 Å². The van der Waals surface area contributed by atoms with E-state index in [-0.39, 0.29) is 5.56 Å². The molecule has 0 radical (unpaired) electrons. The van der Waals surface area contributed by atoms with E-state index in [1.807, 2.05) is 0 Å². The third kappa shape index (κ3) is 5.20. The van der Waals surface area contributed by atoms with E-state index in [4.69, 9.17) is 10.8 Å². The van der Waals surface area contributed by atoms with E-state index in [0.29, 0.717) is 17.4 Å². The maximum atomic E-state index is 10.9. The number of unbranched alkanes of at least 4 members (excludes halogenated alkanes) is 3. The lowest BCUT2D eigenvalue weighted by atomic mass is 10.1. The van der Waals surface area contributed by atoms with Crippen molar-refractivity contribution in [1.29, 1.82) is 0 Å². The van der Waals surface area contributed by atoms with Gasteiger partial charge >= 0.3 is 5.97 Å². The van der Waals surface area contributed by atoms with E-state index in [9.17, 15) is 4.79 Å². The second-order valence-electron chi connectivity index (χ2n) is 5.00. The van der Waals surface area contributed by atoms with Crippen LogP contribution in [0, 0.1) is 0 Å². The molecule has 0 amide bonds. The smallest absolute Gasteiger partial charge is 0.335 e. The average molecular weight is 264 g/mol. The van der Waals surface area contributed by atoms with Crippen LogP contribution in [0.2, 0.25) is 0 Å². The van der Waals surface area contributed by atoms with Crippen LogP contribution in [0.1, 0.15) is 56.3 Å². The summed E-state index contributed by atoms with van der Waals surface area (Å²) in [6.07, 6.45) is 5.99. The van der Waals surface area contributed by atoms with Gasteiger partial charge in [0.05, 0.1) is 16.9 Å². The van der Waals surface area contributed by atoms with Crippen LogP contribution >= 0.6 is 0 Å². The molecule has 0 aliphatic heterocycles. The van der Waals surface area contributed by atoms with Crippen LogP contribution in [0.3, 0.4) is 0 Å². The first-order valence-electron chi connectivity index (χ1n) is 6.94. The molecule has 0 bridgehead atoms. The van der Waals surface area contributed by atoms with Crippen molar-refractivity contribution >= 4 is 17.3 Å². The van der Waals surface area contributed by atoms with Crippen molar-refractivity contribution in [3.63, 3.8) is 0 Å². The van der Waals surface area contributed by atoms with E-state index in [2.05, 4.69) is 19.2 Å². The molecule has 1 rings (SSSR count). The number of anilines is 2. The predicted molar refractivity (Wildman–Crippen MR) is 79.7 cm³/mol. The first-order valence-corrected chi connectivity index (χ1v) is 6.94. The molecule has 4 nitrogen and oxygen atoms in total. The topological polar surface area (TPSA) is 75.3 Å². The number of nitrogens with one attached hydrogen (secondary N) is 1. The van der Waals surface area contributed by atoms with Gasteiger partial charge in [0.25, 0.3) is 0 Å². The molecule has 106 valence electrons. The average Bonchev–Trinajstić information content (AvgIpc) is 2.37. The number of benzene rings is 1. The summed E-state index contributed by atoms with van der Waals surface area (Å²) < 4.78 is 0. The molecule has 0 aliphatic rings. The monoisotopic (exact) mass is 264 g/mol. The van der Waals surface area contributed by atoms with Crippen LogP contribution in [-0.4, -0.2) is 17.1 Å². The Morgan fingerprint density at radius 2 is 2.11 bits per heavy atom. The molecular weight excluding hydrogens is 240 g/mol. The SMILES string of the molecule is CCCCCCC(C)Nc1cc(C(=O)O)ccc1N.